The molecule has 0 aromatic heterocycles. The summed E-state index contributed by atoms with van der Waals surface area (Å²) in [5, 5.41) is 2.92. The maximum atomic E-state index is 12.8. The van der Waals surface area contributed by atoms with E-state index in [9.17, 15) is 13.2 Å². The lowest BCUT2D eigenvalue weighted by molar-refractivity contribution is -0.124. The van der Waals surface area contributed by atoms with E-state index in [-0.39, 0.29) is 22.8 Å². The Kier molecular flexibility index (Phi) is 7.21. The van der Waals surface area contributed by atoms with Crippen LogP contribution in [0.5, 0.6) is 5.75 Å². The van der Waals surface area contributed by atoms with Crippen molar-refractivity contribution < 1.29 is 17.9 Å². The van der Waals surface area contributed by atoms with Gasteiger partial charge in [-0.3, -0.25) is 4.79 Å². The van der Waals surface area contributed by atoms with Crippen molar-refractivity contribution in [3.8, 4) is 5.75 Å². The molecule has 152 valence electrons. The summed E-state index contributed by atoms with van der Waals surface area (Å²) in [6, 6.07) is 12.7. The zero-order valence-electron chi connectivity index (χ0n) is 16.9. The van der Waals surface area contributed by atoms with Crippen molar-refractivity contribution in [1.82, 2.24) is 10.0 Å². The van der Waals surface area contributed by atoms with Crippen molar-refractivity contribution in [2.75, 3.05) is 7.11 Å². The van der Waals surface area contributed by atoms with Crippen molar-refractivity contribution >= 4 is 15.9 Å². The number of ether oxygens (including phenoxy) is 1. The quantitative estimate of drug-likeness (QED) is 0.708. The molecule has 28 heavy (non-hydrogen) atoms. The monoisotopic (exact) mass is 404 g/mol. The van der Waals surface area contributed by atoms with Crippen molar-refractivity contribution in [3.63, 3.8) is 0 Å². The van der Waals surface area contributed by atoms with Gasteiger partial charge in [0.15, 0.2) is 0 Å². The largest absolute Gasteiger partial charge is 0.497 e. The van der Waals surface area contributed by atoms with Gasteiger partial charge in [-0.05, 0) is 55.2 Å². The van der Waals surface area contributed by atoms with Gasteiger partial charge in [-0.25, -0.2) is 8.42 Å². The fraction of sp³-hybridized carbons (Fsp3) is 0.381. The molecule has 2 aromatic carbocycles. The summed E-state index contributed by atoms with van der Waals surface area (Å²) < 4.78 is 33.1. The lowest BCUT2D eigenvalue weighted by Crippen LogP contribution is -2.50. The number of benzene rings is 2. The Hall–Kier alpha value is -2.38. The number of hydrogen-bond donors (Lipinski definition) is 2. The van der Waals surface area contributed by atoms with E-state index in [1.165, 1.54) is 19.2 Å². The maximum Gasteiger partial charge on any atom is 0.241 e. The van der Waals surface area contributed by atoms with Crippen LogP contribution < -0.4 is 14.8 Å². The average molecular weight is 405 g/mol. The topological polar surface area (TPSA) is 84.5 Å². The summed E-state index contributed by atoms with van der Waals surface area (Å²) in [5.74, 6) is -0.0240. The van der Waals surface area contributed by atoms with Gasteiger partial charge in [0.1, 0.15) is 11.8 Å². The average Bonchev–Trinajstić information content (AvgIpc) is 2.66. The first-order valence-electron chi connectivity index (χ1n) is 9.18. The van der Waals surface area contributed by atoms with Gasteiger partial charge in [-0.2, -0.15) is 4.72 Å². The number of carbonyl (C=O) groups is 1. The van der Waals surface area contributed by atoms with Gasteiger partial charge in [-0.15, -0.1) is 0 Å². The van der Waals surface area contributed by atoms with Crippen LogP contribution in [0.25, 0.3) is 0 Å². The van der Waals surface area contributed by atoms with Gasteiger partial charge in [-0.1, -0.05) is 38.1 Å². The molecule has 0 radical (unpaired) electrons. The molecule has 2 atom stereocenters. The van der Waals surface area contributed by atoms with Crippen molar-refractivity contribution in [2.24, 2.45) is 5.92 Å². The Morgan fingerprint density at radius 3 is 2.14 bits per heavy atom. The molecule has 0 fully saturated rings. The summed E-state index contributed by atoms with van der Waals surface area (Å²) in [5.41, 5.74) is 2.06. The van der Waals surface area contributed by atoms with E-state index < -0.39 is 16.1 Å². The minimum atomic E-state index is -3.85. The third-order valence-corrected chi connectivity index (χ3v) is 6.07. The molecule has 2 N–H and O–H groups in total. The van der Waals surface area contributed by atoms with Crippen molar-refractivity contribution in [1.29, 1.82) is 0 Å². The standard InChI is InChI=1S/C21H28N2O4S/c1-14(2)20(21(24)22-16(4)19-9-7-6-8-15(19)3)23-28(25,26)18-12-10-17(27-5)11-13-18/h6-14,16,20,23H,1-5H3,(H,22,24). The highest BCUT2D eigenvalue weighted by Gasteiger charge is 2.29. The molecule has 0 spiro atoms. The number of sulfonamides is 1. The molecule has 0 saturated carbocycles. The lowest BCUT2D eigenvalue weighted by atomic mass is 10.0. The molecule has 2 aromatic rings. The van der Waals surface area contributed by atoms with Crippen molar-refractivity contribution in [3.05, 3.63) is 59.7 Å². The molecule has 6 nitrogen and oxygen atoms in total. The van der Waals surface area contributed by atoms with Gasteiger partial charge >= 0.3 is 0 Å². The molecule has 0 aliphatic rings. The Bertz CT molecular complexity index is 908. The minimum absolute atomic E-state index is 0.0821. The van der Waals surface area contributed by atoms with Crippen LogP contribution in [0.2, 0.25) is 0 Å². The third-order valence-electron chi connectivity index (χ3n) is 4.61. The van der Waals surface area contributed by atoms with E-state index in [4.69, 9.17) is 4.74 Å². The molecular weight excluding hydrogens is 376 g/mol. The number of methoxy groups -OCH3 is 1. The second-order valence-electron chi connectivity index (χ2n) is 7.11. The number of amides is 1. The zero-order valence-corrected chi connectivity index (χ0v) is 17.7. The van der Waals surface area contributed by atoms with Gasteiger partial charge in [0.2, 0.25) is 15.9 Å². The van der Waals surface area contributed by atoms with Crippen LogP contribution in [0.3, 0.4) is 0 Å². The Morgan fingerprint density at radius 1 is 1.00 bits per heavy atom. The highest BCUT2D eigenvalue weighted by atomic mass is 32.2. The van der Waals surface area contributed by atoms with Crippen molar-refractivity contribution in [2.45, 2.75) is 44.7 Å². The van der Waals surface area contributed by atoms with Gasteiger partial charge in [0.25, 0.3) is 0 Å². The molecular formula is C21H28N2O4S. The van der Waals surface area contributed by atoms with E-state index in [2.05, 4.69) is 10.0 Å². The number of hydrogen-bond acceptors (Lipinski definition) is 4. The molecule has 0 aliphatic carbocycles. The number of carbonyl (C=O) groups excluding carboxylic acids is 1. The van der Waals surface area contributed by atoms with E-state index in [1.54, 1.807) is 26.0 Å². The minimum Gasteiger partial charge on any atom is -0.497 e. The van der Waals surface area contributed by atoms with Crippen LogP contribution in [0.1, 0.15) is 37.9 Å². The number of aryl methyl sites for hydroxylation is 1. The maximum absolute atomic E-state index is 12.8. The molecule has 0 saturated heterocycles. The molecule has 0 aliphatic heterocycles. The normalized spacial score (nSPS) is 13.8. The summed E-state index contributed by atoms with van der Waals surface area (Å²) in [4.78, 5) is 12.9. The highest BCUT2D eigenvalue weighted by Crippen LogP contribution is 2.19. The summed E-state index contributed by atoms with van der Waals surface area (Å²) >= 11 is 0. The Balaban J connectivity index is 2.17. The van der Waals surface area contributed by atoms with E-state index >= 15 is 0 Å². The Labute approximate surface area is 167 Å². The fourth-order valence-electron chi connectivity index (χ4n) is 2.94. The van der Waals surface area contributed by atoms with Crippen LogP contribution in [-0.4, -0.2) is 27.5 Å². The van der Waals surface area contributed by atoms with Crippen LogP contribution >= 0.6 is 0 Å². The van der Waals surface area contributed by atoms with Gasteiger partial charge in [0, 0.05) is 0 Å². The second-order valence-corrected chi connectivity index (χ2v) is 8.82. The van der Waals surface area contributed by atoms with Crippen LogP contribution in [-0.2, 0) is 14.8 Å². The SMILES string of the molecule is COc1ccc(S(=O)(=O)NC(C(=O)NC(C)c2ccccc2C)C(C)C)cc1. The summed E-state index contributed by atoms with van der Waals surface area (Å²) in [6.45, 7) is 7.47. The molecule has 0 heterocycles. The number of nitrogens with one attached hydrogen (secondary N) is 2. The first-order valence-corrected chi connectivity index (χ1v) is 10.7. The van der Waals surface area contributed by atoms with E-state index in [0.29, 0.717) is 5.75 Å². The molecule has 2 unspecified atom stereocenters. The molecule has 1 amide bonds. The highest BCUT2D eigenvalue weighted by molar-refractivity contribution is 7.89. The summed E-state index contributed by atoms with van der Waals surface area (Å²) in [7, 11) is -2.34. The predicted molar refractivity (Wildman–Crippen MR) is 110 cm³/mol. The third kappa shape index (κ3) is 5.33. The molecule has 2 rings (SSSR count). The number of rotatable bonds is 8. The first kappa shape index (κ1) is 21.9. The molecule has 7 heteroatoms. The van der Waals surface area contributed by atoms with Gasteiger partial charge in [0.05, 0.1) is 18.0 Å². The molecule has 0 bridgehead atoms. The van der Waals surface area contributed by atoms with Crippen LogP contribution in [0, 0.1) is 12.8 Å². The van der Waals surface area contributed by atoms with E-state index in [1.807, 2.05) is 38.1 Å². The van der Waals surface area contributed by atoms with Crippen LogP contribution in [0.4, 0.5) is 0 Å². The first-order chi connectivity index (χ1) is 13.2. The van der Waals surface area contributed by atoms with Gasteiger partial charge < -0.3 is 10.1 Å². The lowest BCUT2D eigenvalue weighted by Gasteiger charge is -2.24. The summed E-state index contributed by atoms with van der Waals surface area (Å²) in [6.07, 6.45) is 0. The van der Waals surface area contributed by atoms with Crippen LogP contribution in [0.15, 0.2) is 53.4 Å². The Morgan fingerprint density at radius 2 is 1.61 bits per heavy atom. The fourth-order valence-corrected chi connectivity index (χ4v) is 4.28. The zero-order chi connectivity index (χ0) is 20.9. The van der Waals surface area contributed by atoms with E-state index in [0.717, 1.165) is 11.1 Å². The predicted octanol–water partition coefficient (Wildman–Crippen LogP) is 3.18. The second kappa shape index (κ2) is 9.21. The smallest absolute Gasteiger partial charge is 0.241 e.